The van der Waals surface area contributed by atoms with Crippen molar-refractivity contribution in [3.05, 3.63) is 24.3 Å². The van der Waals surface area contributed by atoms with Crippen LogP contribution in [-0.2, 0) is 20.9 Å². The highest BCUT2D eigenvalue weighted by atomic mass is 32.2. The Morgan fingerprint density at radius 1 is 1.44 bits per heavy atom. The van der Waals surface area contributed by atoms with Crippen LogP contribution in [-0.4, -0.2) is 39.4 Å². The molecule has 130 valence electrons. The van der Waals surface area contributed by atoms with Crippen LogP contribution in [0.3, 0.4) is 0 Å². The Labute approximate surface area is 149 Å². The number of para-hydroxylation sites is 2. The maximum Gasteiger partial charge on any atom is 0.316 e. The Kier molecular flexibility index (Phi) is 6.31. The lowest BCUT2D eigenvalue weighted by Crippen LogP contribution is -2.26. The Hall–Kier alpha value is -2.66. The van der Waals surface area contributed by atoms with Gasteiger partial charge in [0.2, 0.25) is 0 Å². The number of ketones is 1. The smallest absolute Gasteiger partial charge is 0.316 e. The van der Waals surface area contributed by atoms with E-state index in [2.05, 4.69) is 4.98 Å². The normalized spacial score (nSPS) is 11.7. The van der Waals surface area contributed by atoms with Crippen LogP contribution in [0, 0.1) is 22.7 Å². The first-order valence-corrected chi connectivity index (χ1v) is 8.67. The fraction of sp³-hybridized carbons (Fsp3) is 0.353. The zero-order chi connectivity index (χ0) is 18.4. The summed E-state index contributed by atoms with van der Waals surface area (Å²) in [5.41, 5.74) is 1.79. The van der Waals surface area contributed by atoms with Crippen molar-refractivity contribution >= 4 is 40.3 Å². The van der Waals surface area contributed by atoms with E-state index < -0.39 is 24.3 Å². The standard InChI is InChI=1S/C17H18N4O3S/c1-3-21-14-7-5-4-6-13(14)20-17(21)25-10-16(23)24-9-15(22)12(8-18)11(2)19/h4-7,12,19H,3,9-10H2,1-2H3/t12-/m0/s1. The van der Waals surface area contributed by atoms with Crippen molar-refractivity contribution in [3.8, 4) is 6.07 Å². The van der Waals surface area contributed by atoms with Gasteiger partial charge < -0.3 is 14.7 Å². The third-order valence-corrected chi connectivity index (χ3v) is 4.46. The number of aromatic nitrogens is 2. The van der Waals surface area contributed by atoms with E-state index in [4.69, 9.17) is 15.4 Å². The number of rotatable bonds is 8. The highest BCUT2D eigenvalue weighted by molar-refractivity contribution is 7.99. The molecule has 2 rings (SSSR count). The van der Waals surface area contributed by atoms with Crippen LogP contribution in [0.5, 0.6) is 0 Å². The molecule has 25 heavy (non-hydrogen) atoms. The van der Waals surface area contributed by atoms with Crippen LogP contribution in [0.25, 0.3) is 11.0 Å². The number of Topliss-reactive ketones (excluding diaryl/α,β-unsaturated/α-hetero) is 1. The molecule has 1 atom stereocenters. The van der Waals surface area contributed by atoms with Gasteiger partial charge >= 0.3 is 5.97 Å². The number of hydrogen-bond acceptors (Lipinski definition) is 7. The van der Waals surface area contributed by atoms with Crippen LogP contribution in [0.2, 0.25) is 0 Å². The number of thioether (sulfide) groups is 1. The van der Waals surface area contributed by atoms with Crippen LogP contribution >= 0.6 is 11.8 Å². The second-order valence-corrected chi connectivity index (χ2v) is 6.23. The molecule has 1 aromatic heterocycles. The monoisotopic (exact) mass is 358 g/mol. The molecule has 8 heteroatoms. The Bertz CT molecular complexity index is 853. The van der Waals surface area contributed by atoms with Gasteiger partial charge in [-0.2, -0.15) is 5.26 Å². The minimum absolute atomic E-state index is 0.0113. The number of aryl methyl sites for hydroxylation is 1. The predicted octanol–water partition coefficient (Wildman–Crippen LogP) is 2.44. The number of esters is 1. The lowest BCUT2D eigenvalue weighted by molar-refractivity contribution is -0.145. The Morgan fingerprint density at radius 2 is 2.16 bits per heavy atom. The second kappa shape index (κ2) is 8.44. The summed E-state index contributed by atoms with van der Waals surface area (Å²) >= 11 is 1.24. The van der Waals surface area contributed by atoms with E-state index in [-0.39, 0.29) is 11.5 Å². The summed E-state index contributed by atoms with van der Waals surface area (Å²) in [4.78, 5) is 28.1. The lowest BCUT2D eigenvalue weighted by atomic mass is 10.0. The van der Waals surface area contributed by atoms with Crippen molar-refractivity contribution < 1.29 is 14.3 Å². The molecule has 0 bridgehead atoms. The van der Waals surface area contributed by atoms with E-state index in [9.17, 15) is 9.59 Å². The molecular formula is C17H18N4O3S. The molecule has 2 aromatic rings. The number of carbonyl (C=O) groups is 2. The number of fused-ring (bicyclic) bond motifs is 1. The van der Waals surface area contributed by atoms with Crippen LogP contribution in [0.15, 0.2) is 29.4 Å². The van der Waals surface area contributed by atoms with Crippen molar-refractivity contribution in [2.75, 3.05) is 12.4 Å². The molecule has 0 saturated heterocycles. The van der Waals surface area contributed by atoms with Gasteiger partial charge in [-0.1, -0.05) is 23.9 Å². The molecule has 0 saturated carbocycles. The van der Waals surface area contributed by atoms with Gasteiger partial charge in [0.1, 0.15) is 5.92 Å². The van der Waals surface area contributed by atoms with E-state index in [0.29, 0.717) is 5.16 Å². The zero-order valence-corrected chi connectivity index (χ0v) is 14.8. The van der Waals surface area contributed by atoms with E-state index in [1.54, 1.807) is 6.07 Å². The van der Waals surface area contributed by atoms with E-state index >= 15 is 0 Å². The Morgan fingerprint density at radius 3 is 2.80 bits per heavy atom. The number of nitrogens with one attached hydrogen (secondary N) is 1. The summed E-state index contributed by atoms with van der Waals surface area (Å²) in [6, 6.07) is 9.44. The Balaban J connectivity index is 1.94. The molecule has 1 N–H and O–H groups in total. The molecule has 0 aliphatic heterocycles. The third-order valence-electron chi connectivity index (χ3n) is 3.51. The van der Waals surface area contributed by atoms with Gasteiger partial charge in [0, 0.05) is 12.3 Å². The number of benzene rings is 1. The first-order valence-electron chi connectivity index (χ1n) is 7.69. The van der Waals surface area contributed by atoms with Crippen molar-refractivity contribution in [1.29, 1.82) is 10.7 Å². The fourth-order valence-corrected chi connectivity index (χ4v) is 3.16. The summed E-state index contributed by atoms with van der Waals surface area (Å²) in [6.45, 7) is 3.59. The summed E-state index contributed by atoms with van der Waals surface area (Å²) in [7, 11) is 0. The van der Waals surface area contributed by atoms with Crippen LogP contribution in [0.1, 0.15) is 13.8 Å². The van der Waals surface area contributed by atoms with Gasteiger partial charge in [-0.15, -0.1) is 0 Å². The highest BCUT2D eigenvalue weighted by Gasteiger charge is 2.21. The van der Waals surface area contributed by atoms with Crippen molar-refractivity contribution in [2.45, 2.75) is 25.5 Å². The SMILES string of the molecule is CCn1c(SCC(=O)OCC(=O)[C@@H](C#N)C(C)=N)nc2ccccc21. The average Bonchev–Trinajstić information content (AvgIpc) is 2.95. The molecule has 0 unspecified atom stereocenters. The van der Waals surface area contributed by atoms with Crippen molar-refractivity contribution in [3.63, 3.8) is 0 Å². The summed E-state index contributed by atoms with van der Waals surface area (Å²) in [5, 5.41) is 16.9. The first-order chi connectivity index (χ1) is 12.0. The molecule has 0 radical (unpaired) electrons. The number of ether oxygens (including phenoxy) is 1. The lowest BCUT2D eigenvalue weighted by Gasteiger charge is -2.08. The second-order valence-electron chi connectivity index (χ2n) is 5.29. The number of carbonyl (C=O) groups excluding carboxylic acids is 2. The van der Waals surface area contributed by atoms with Gasteiger partial charge in [-0.25, -0.2) is 4.98 Å². The zero-order valence-electron chi connectivity index (χ0n) is 14.0. The fourth-order valence-electron chi connectivity index (χ4n) is 2.28. The number of nitrogens with zero attached hydrogens (tertiary/aromatic N) is 3. The highest BCUT2D eigenvalue weighted by Crippen LogP contribution is 2.24. The van der Waals surface area contributed by atoms with E-state index in [1.165, 1.54) is 18.7 Å². The molecule has 0 aliphatic carbocycles. The van der Waals surface area contributed by atoms with Gasteiger partial charge in [-0.05, 0) is 26.0 Å². The quantitative estimate of drug-likeness (QED) is 0.441. The molecule has 0 spiro atoms. The summed E-state index contributed by atoms with van der Waals surface area (Å²) < 4.78 is 6.91. The molecular weight excluding hydrogens is 340 g/mol. The first kappa shape index (κ1) is 18.7. The number of hydrogen-bond donors (Lipinski definition) is 1. The molecule has 0 amide bonds. The van der Waals surface area contributed by atoms with Crippen LogP contribution < -0.4 is 0 Å². The number of nitriles is 1. The summed E-state index contributed by atoms with van der Waals surface area (Å²) in [6.07, 6.45) is 0. The minimum Gasteiger partial charge on any atom is -0.457 e. The third kappa shape index (κ3) is 4.45. The van der Waals surface area contributed by atoms with Gasteiger partial charge in [-0.3, -0.25) is 9.59 Å². The summed E-state index contributed by atoms with van der Waals surface area (Å²) in [5.74, 6) is -2.30. The van der Waals surface area contributed by atoms with E-state index in [1.807, 2.05) is 35.8 Å². The van der Waals surface area contributed by atoms with Gasteiger partial charge in [0.15, 0.2) is 17.5 Å². The number of imidazole rings is 1. The predicted molar refractivity (Wildman–Crippen MR) is 94.6 cm³/mol. The van der Waals surface area contributed by atoms with E-state index in [0.717, 1.165) is 17.6 Å². The minimum atomic E-state index is -1.16. The average molecular weight is 358 g/mol. The largest absolute Gasteiger partial charge is 0.457 e. The van der Waals surface area contributed by atoms with Crippen molar-refractivity contribution in [1.82, 2.24) is 9.55 Å². The molecule has 1 aromatic carbocycles. The van der Waals surface area contributed by atoms with Gasteiger partial charge in [0.25, 0.3) is 0 Å². The maximum absolute atomic E-state index is 11.8. The van der Waals surface area contributed by atoms with Gasteiger partial charge in [0.05, 0.1) is 22.9 Å². The molecule has 0 aliphatic rings. The molecule has 1 heterocycles. The van der Waals surface area contributed by atoms with Crippen LogP contribution in [0.4, 0.5) is 0 Å². The molecule has 0 fully saturated rings. The topological polar surface area (TPSA) is 109 Å². The maximum atomic E-state index is 11.8. The molecule has 7 nitrogen and oxygen atoms in total. The van der Waals surface area contributed by atoms with Crippen molar-refractivity contribution in [2.24, 2.45) is 5.92 Å².